The number of carbonyl (C=O) groups excluding carboxylic acids is 2. The van der Waals surface area contributed by atoms with E-state index in [-0.39, 0.29) is 19.0 Å². The molecule has 6 heteroatoms. The Hall–Kier alpha value is -2.76. The number of ether oxygens (including phenoxy) is 3. The summed E-state index contributed by atoms with van der Waals surface area (Å²) in [6, 6.07) is 6.02. The molecule has 0 heterocycles. The van der Waals surface area contributed by atoms with Crippen molar-refractivity contribution in [3.8, 4) is 11.5 Å². The van der Waals surface area contributed by atoms with Gasteiger partial charge in [0, 0.05) is 12.2 Å². The summed E-state index contributed by atoms with van der Waals surface area (Å²) in [6.45, 7) is 6.37. The maximum Gasteiger partial charge on any atom is 0.330 e. The van der Waals surface area contributed by atoms with Gasteiger partial charge in [0.2, 0.25) is 0 Å². The van der Waals surface area contributed by atoms with Gasteiger partial charge in [0.1, 0.15) is 24.7 Å². The van der Waals surface area contributed by atoms with E-state index >= 15 is 0 Å². The third-order valence-electron chi connectivity index (χ3n) is 2.30. The molecule has 1 N–H and O–H groups in total. The minimum Gasteiger partial charge on any atom is -0.508 e. The van der Waals surface area contributed by atoms with Crippen LogP contribution in [-0.4, -0.2) is 36.4 Å². The van der Waals surface area contributed by atoms with Gasteiger partial charge in [-0.1, -0.05) is 13.2 Å². The standard InChI is InChI=1S/C15H16O6/c1-3-14(17)20-10-13(21-15(18)4-2)9-19-12-7-5-11(16)6-8-12/h3-8,13,16H,1-2,9-10H2. The molecule has 6 nitrogen and oxygen atoms in total. The second kappa shape index (κ2) is 8.42. The van der Waals surface area contributed by atoms with Crippen molar-refractivity contribution in [2.75, 3.05) is 13.2 Å². The van der Waals surface area contributed by atoms with Gasteiger partial charge in [-0.05, 0) is 24.3 Å². The van der Waals surface area contributed by atoms with Gasteiger partial charge in [0.05, 0.1) is 0 Å². The first kappa shape index (κ1) is 16.3. The van der Waals surface area contributed by atoms with Crippen LogP contribution in [0.5, 0.6) is 11.5 Å². The monoisotopic (exact) mass is 292 g/mol. The summed E-state index contributed by atoms with van der Waals surface area (Å²) in [6.07, 6.45) is 1.23. The molecule has 0 amide bonds. The maximum absolute atomic E-state index is 11.2. The van der Waals surface area contributed by atoms with Gasteiger partial charge in [-0.25, -0.2) is 9.59 Å². The van der Waals surface area contributed by atoms with Crippen molar-refractivity contribution in [1.29, 1.82) is 0 Å². The van der Waals surface area contributed by atoms with Crippen molar-refractivity contribution in [2.45, 2.75) is 6.10 Å². The van der Waals surface area contributed by atoms with Crippen LogP contribution in [0.1, 0.15) is 0 Å². The Bertz CT molecular complexity index is 505. The van der Waals surface area contributed by atoms with Crippen LogP contribution in [0.15, 0.2) is 49.6 Å². The number of hydrogen-bond donors (Lipinski definition) is 1. The highest BCUT2D eigenvalue weighted by atomic mass is 16.6. The normalized spacial score (nSPS) is 11.0. The highest BCUT2D eigenvalue weighted by Crippen LogP contribution is 2.16. The quantitative estimate of drug-likeness (QED) is 0.579. The molecule has 0 saturated heterocycles. The van der Waals surface area contributed by atoms with Crippen LogP contribution < -0.4 is 4.74 Å². The summed E-state index contributed by atoms with van der Waals surface area (Å²) in [7, 11) is 0. The Kier molecular flexibility index (Phi) is 6.53. The summed E-state index contributed by atoms with van der Waals surface area (Å²) in [5, 5.41) is 9.15. The predicted octanol–water partition coefficient (Wildman–Crippen LogP) is 1.60. The Morgan fingerprint density at radius 2 is 1.71 bits per heavy atom. The van der Waals surface area contributed by atoms with E-state index in [1.807, 2.05) is 0 Å². The number of hydrogen-bond acceptors (Lipinski definition) is 6. The number of esters is 2. The number of benzene rings is 1. The van der Waals surface area contributed by atoms with E-state index in [1.54, 1.807) is 12.1 Å². The minimum atomic E-state index is -0.784. The zero-order valence-corrected chi connectivity index (χ0v) is 11.4. The largest absolute Gasteiger partial charge is 0.508 e. The lowest BCUT2D eigenvalue weighted by atomic mass is 10.3. The molecule has 1 aromatic rings. The Labute approximate surface area is 122 Å². The fourth-order valence-electron chi connectivity index (χ4n) is 1.29. The maximum atomic E-state index is 11.2. The molecule has 0 aliphatic heterocycles. The number of phenols is 1. The van der Waals surface area contributed by atoms with E-state index in [2.05, 4.69) is 13.2 Å². The SMILES string of the molecule is C=CC(=O)OCC(COc1ccc(O)cc1)OC(=O)C=C. The van der Waals surface area contributed by atoms with Gasteiger partial charge in [0.25, 0.3) is 0 Å². The molecule has 1 aromatic carbocycles. The van der Waals surface area contributed by atoms with Crippen LogP contribution in [0, 0.1) is 0 Å². The Morgan fingerprint density at radius 1 is 1.10 bits per heavy atom. The van der Waals surface area contributed by atoms with E-state index in [9.17, 15) is 9.59 Å². The molecule has 112 valence electrons. The molecule has 0 aromatic heterocycles. The fraction of sp³-hybridized carbons (Fsp3) is 0.200. The Morgan fingerprint density at radius 3 is 2.29 bits per heavy atom. The first-order valence-corrected chi connectivity index (χ1v) is 6.09. The molecule has 0 saturated carbocycles. The number of carbonyl (C=O) groups is 2. The average molecular weight is 292 g/mol. The van der Waals surface area contributed by atoms with Crippen LogP contribution in [0.4, 0.5) is 0 Å². The fourth-order valence-corrected chi connectivity index (χ4v) is 1.29. The van der Waals surface area contributed by atoms with Crippen molar-refractivity contribution < 1.29 is 28.9 Å². The molecule has 0 bridgehead atoms. The van der Waals surface area contributed by atoms with E-state index in [0.29, 0.717) is 5.75 Å². The third-order valence-corrected chi connectivity index (χ3v) is 2.30. The van der Waals surface area contributed by atoms with Crippen molar-refractivity contribution >= 4 is 11.9 Å². The van der Waals surface area contributed by atoms with Gasteiger partial charge in [0.15, 0.2) is 6.10 Å². The minimum absolute atomic E-state index is 0.0191. The number of rotatable bonds is 8. The van der Waals surface area contributed by atoms with Crippen LogP contribution in [0.25, 0.3) is 0 Å². The van der Waals surface area contributed by atoms with Gasteiger partial charge in [-0.15, -0.1) is 0 Å². The molecule has 0 radical (unpaired) electrons. The van der Waals surface area contributed by atoms with Gasteiger partial charge in [-0.2, -0.15) is 0 Å². The van der Waals surface area contributed by atoms with E-state index in [1.165, 1.54) is 12.1 Å². The van der Waals surface area contributed by atoms with Crippen molar-refractivity contribution in [3.63, 3.8) is 0 Å². The molecular weight excluding hydrogens is 276 g/mol. The zero-order valence-electron chi connectivity index (χ0n) is 11.4. The van der Waals surface area contributed by atoms with Gasteiger partial charge < -0.3 is 19.3 Å². The molecule has 21 heavy (non-hydrogen) atoms. The second-order valence-electron chi connectivity index (χ2n) is 3.90. The molecule has 0 aliphatic rings. The van der Waals surface area contributed by atoms with Crippen molar-refractivity contribution in [3.05, 3.63) is 49.6 Å². The number of aromatic hydroxyl groups is 1. The van der Waals surface area contributed by atoms with E-state index < -0.39 is 18.0 Å². The summed E-state index contributed by atoms with van der Waals surface area (Å²) < 4.78 is 15.2. The molecule has 0 spiro atoms. The van der Waals surface area contributed by atoms with Crippen LogP contribution >= 0.6 is 0 Å². The van der Waals surface area contributed by atoms with Crippen LogP contribution in [0.3, 0.4) is 0 Å². The molecule has 1 rings (SSSR count). The predicted molar refractivity (Wildman–Crippen MR) is 74.8 cm³/mol. The highest BCUT2D eigenvalue weighted by molar-refractivity contribution is 5.82. The molecular formula is C15H16O6. The van der Waals surface area contributed by atoms with Gasteiger partial charge in [-0.3, -0.25) is 0 Å². The lowest BCUT2D eigenvalue weighted by Gasteiger charge is -2.17. The van der Waals surface area contributed by atoms with Crippen LogP contribution in [0.2, 0.25) is 0 Å². The van der Waals surface area contributed by atoms with Crippen molar-refractivity contribution in [1.82, 2.24) is 0 Å². The summed E-state index contributed by atoms with van der Waals surface area (Å²) in [4.78, 5) is 22.2. The topological polar surface area (TPSA) is 82.1 Å². The average Bonchev–Trinajstić information content (AvgIpc) is 2.50. The third kappa shape index (κ3) is 6.29. The van der Waals surface area contributed by atoms with E-state index in [4.69, 9.17) is 19.3 Å². The number of phenolic OH excluding ortho intramolecular Hbond substituents is 1. The lowest BCUT2D eigenvalue weighted by molar-refractivity contribution is -0.154. The summed E-state index contributed by atoms with van der Waals surface area (Å²) >= 11 is 0. The molecule has 1 atom stereocenters. The first-order chi connectivity index (χ1) is 10.0. The first-order valence-electron chi connectivity index (χ1n) is 6.09. The molecule has 1 unspecified atom stereocenters. The van der Waals surface area contributed by atoms with Crippen LogP contribution in [-0.2, 0) is 19.1 Å². The summed E-state index contributed by atoms with van der Waals surface area (Å²) in [5.74, 6) is -0.692. The van der Waals surface area contributed by atoms with E-state index in [0.717, 1.165) is 12.2 Å². The Balaban J connectivity index is 2.56. The van der Waals surface area contributed by atoms with Crippen molar-refractivity contribution in [2.24, 2.45) is 0 Å². The zero-order chi connectivity index (χ0) is 15.7. The molecule has 0 aliphatic carbocycles. The van der Waals surface area contributed by atoms with Gasteiger partial charge >= 0.3 is 11.9 Å². The molecule has 0 fully saturated rings. The summed E-state index contributed by atoms with van der Waals surface area (Å²) in [5.41, 5.74) is 0. The highest BCUT2D eigenvalue weighted by Gasteiger charge is 2.16. The lowest BCUT2D eigenvalue weighted by Crippen LogP contribution is -2.30. The second-order valence-corrected chi connectivity index (χ2v) is 3.90. The smallest absolute Gasteiger partial charge is 0.330 e.